The number of ether oxygens (including phenoxy) is 1. The zero-order valence-electron chi connectivity index (χ0n) is 9.55. The number of benzene rings is 1. The van der Waals surface area contributed by atoms with E-state index in [4.69, 9.17) is 4.74 Å². The summed E-state index contributed by atoms with van der Waals surface area (Å²) in [4.78, 5) is 11.5. The van der Waals surface area contributed by atoms with Crippen LogP contribution in [0.3, 0.4) is 0 Å². The fraction of sp³-hybridized carbons (Fsp3) is 0.417. The lowest BCUT2D eigenvalue weighted by Gasteiger charge is -2.06. The first-order valence-electron chi connectivity index (χ1n) is 5.16. The van der Waals surface area contributed by atoms with Crippen LogP contribution < -0.4 is 10.1 Å². The number of Topliss-reactive ketones (excluding diaryl/α,β-unsaturated/α-hetero) is 1. The summed E-state index contributed by atoms with van der Waals surface area (Å²) in [7, 11) is 3.18. The zero-order chi connectivity index (χ0) is 12.0. The normalized spacial score (nSPS) is 10.2. The molecule has 0 amide bonds. The molecular formula is C12H16FNO2. The maximum atomic E-state index is 13.7. The van der Waals surface area contributed by atoms with Gasteiger partial charge in [0.25, 0.3) is 0 Å². The smallest absolute Gasteiger partial charge is 0.168 e. The molecule has 0 unspecified atom stereocenters. The Bertz CT molecular complexity index is 366. The Kier molecular flexibility index (Phi) is 4.92. The summed E-state index contributed by atoms with van der Waals surface area (Å²) in [5.74, 6) is -0.247. The predicted molar refractivity (Wildman–Crippen MR) is 60.2 cm³/mol. The molecule has 4 heteroatoms. The van der Waals surface area contributed by atoms with Gasteiger partial charge in [-0.2, -0.15) is 0 Å². The molecule has 0 aliphatic rings. The van der Waals surface area contributed by atoms with Crippen molar-refractivity contribution in [1.82, 2.24) is 5.32 Å². The molecule has 0 saturated carbocycles. The van der Waals surface area contributed by atoms with Crippen LogP contribution in [0, 0.1) is 5.82 Å². The molecule has 0 atom stereocenters. The van der Waals surface area contributed by atoms with Gasteiger partial charge in [0.2, 0.25) is 0 Å². The Labute approximate surface area is 94.6 Å². The molecular weight excluding hydrogens is 209 g/mol. The van der Waals surface area contributed by atoms with Crippen molar-refractivity contribution in [3.63, 3.8) is 0 Å². The minimum atomic E-state index is -0.442. The van der Waals surface area contributed by atoms with E-state index in [2.05, 4.69) is 5.32 Å². The molecule has 0 aliphatic carbocycles. The quantitative estimate of drug-likeness (QED) is 0.798. The Morgan fingerprint density at radius 2 is 2.25 bits per heavy atom. The van der Waals surface area contributed by atoms with E-state index in [1.165, 1.54) is 13.2 Å². The molecule has 1 aromatic carbocycles. The molecule has 0 bridgehead atoms. The van der Waals surface area contributed by atoms with E-state index in [0.29, 0.717) is 18.5 Å². The van der Waals surface area contributed by atoms with E-state index in [0.717, 1.165) is 0 Å². The molecule has 1 aromatic rings. The first-order valence-corrected chi connectivity index (χ1v) is 5.16. The molecule has 0 fully saturated rings. The third-order valence-electron chi connectivity index (χ3n) is 2.30. The molecule has 0 spiro atoms. The summed E-state index contributed by atoms with van der Waals surface area (Å²) in [6.45, 7) is 0.615. The Morgan fingerprint density at radius 3 is 2.88 bits per heavy atom. The zero-order valence-corrected chi connectivity index (χ0v) is 9.55. The third kappa shape index (κ3) is 3.31. The number of rotatable bonds is 6. The van der Waals surface area contributed by atoms with E-state index >= 15 is 0 Å². The standard InChI is InChI=1S/C12H16FNO2/c1-14-7-6-10(15)8-9-4-3-5-11(16-2)12(9)13/h3-5,14H,6-8H2,1-2H3. The van der Waals surface area contributed by atoms with Crippen molar-refractivity contribution in [3.05, 3.63) is 29.6 Å². The highest BCUT2D eigenvalue weighted by molar-refractivity contribution is 5.81. The van der Waals surface area contributed by atoms with Gasteiger partial charge in [-0.05, 0) is 18.7 Å². The van der Waals surface area contributed by atoms with Crippen molar-refractivity contribution in [2.45, 2.75) is 12.8 Å². The van der Waals surface area contributed by atoms with Crippen molar-refractivity contribution in [2.75, 3.05) is 20.7 Å². The minimum Gasteiger partial charge on any atom is -0.494 e. The number of halogens is 1. The molecule has 0 aromatic heterocycles. The first kappa shape index (κ1) is 12.6. The van der Waals surface area contributed by atoms with Crippen LogP contribution in [-0.2, 0) is 11.2 Å². The number of methoxy groups -OCH3 is 1. The molecule has 1 N–H and O–H groups in total. The van der Waals surface area contributed by atoms with Crippen molar-refractivity contribution in [3.8, 4) is 5.75 Å². The summed E-state index contributed by atoms with van der Waals surface area (Å²) in [6, 6.07) is 4.83. The third-order valence-corrected chi connectivity index (χ3v) is 2.30. The van der Waals surface area contributed by atoms with Gasteiger partial charge in [-0.1, -0.05) is 12.1 Å². The van der Waals surface area contributed by atoms with E-state index in [1.807, 2.05) is 0 Å². The highest BCUT2D eigenvalue weighted by Crippen LogP contribution is 2.20. The summed E-state index contributed by atoms with van der Waals surface area (Å²) >= 11 is 0. The van der Waals surface area contributed by atoms with Crippen LogP contribution in [0.2, 0.25) is 0 Å². The largest absolute Gasteiger partial charge is 0.494 e. The molecule has 0 radical (unpaired) electrons. The molecule has 0 aliphatic heterocycles. The highest BCUT2D eigenvalue weighted by Gasteiger charge is 2.11. The molecule has 0 heterocycles. The second kappa shape index (κ2) is 6.23. The SMILES string of the molecule is CNCCC(=O)Cc1cccc(OC)c1F. The minimum absolute atomic E-state index is 0.0153. The maximum absolute atomic E-state index is 13.7. The second-order valence-corrected chi connectivity index (χ2v) is 3.50. The van der Waals surface area contributed by atoms with Gasteiger partial charge in [0.1, 0.15) is 5.78 Å². The van der Waals surface area contributed by atoms with E-state index in [1.54, 1.807) is 19.2 Å². The summed E-state index contributed by atoms with van der Waals surface area (Å²) in [5, 5.41) is 2.88. The van der Waals surface area contributed by atoms with Crippen LogP contribution >= 0.6 is 0 Å². The summed E-state index contributed by atoms with van der Waals surface area (Å²) in [5.41, 5.74) is 0.389. The number of carbonyl (C=O) groups excluding carboxylic acids is 1. The van der Waals surface area contributed by atoms with Crippen molar-refractivity contribution in [1.29, 1.82) is 0 Å². The van der Waals surface area contributed by atoms with E-state index < -0.39 is 5.82 Å². The molecule has 1 rings (SSSR count). The van der Waals surface area contributed by atoms with E-state index in [-0.39, 0.29) is 18.0 Å². The van der Waals surface area contributed by atoms with Crippen LogP contribution in [-0.4, -0.2) is 26.5 Å². The fourth-order valence-corrected chi connectivity index (χ4v) is 1.42. The summed E-state index contributed by atoms with van der Waals surface area (Å²) in [6.07, 6.45) is 0.526. The van der Waals surface area contributed by atoms with Gasteiger partial charge < -0.3 is 10.1 Å². The van der Waals surface area contributed by atoms with Gasteiger partial charge in [-0.3, -0.25) is 4.79 Å². The molecule has 3 nitrogen and oxygen atoms in total. The first-order chi connectivity index (χ1) is 7.69. The van der Waals surface area contributed by atoms with E-state index in [9.17, 15) is 9.18 Å². The predicted octanol–water partition coefficient (Wildman–Crippen LogP) is 1.56. The second-order valence-electron chi connectivity index (χ2n) is 3.50. The summed E-state index contributed by atoms with van der Waals surface area (Å²) < 4.78 is 18.5. The number of ketones is 1. The van der Waals surface area contributed by atoms with Crippen molar-refractivity contribution in [2.24, 2.45) is 0 Å². The average molecular weight is 225 g/mol. The Morgan fingerprint density at radius 1 is 1.50 bits per heavy atom. The number of hydrogen-bond donors (Lipinski definition) is 1. The molecule has 88 valence electrons. The number of carbonyl (C=O) groups is 1. The van der Waals surface area contributed by atoms with Crippen LogP contribution in [0.5, 0.6) is 5.75 Å². The van der Waals surface area contributed by atoms with Gasteiger partial charge in [-0.25, -0.2) is 4.39 Å². The van der Waals surface area contributed by atoms with Gasteiger partial charge in [-0.15, -0.1) is 0 Å². The van der Waals surface area contributed by atoms with Crippen LogP contribution in [0.1, 0.15) is 12.0 Å². The van der Waals surface area contributed by atoms with Crippen molar-refractivity contribution >= 4 is 5.78 Å². The fourth-order valence-electron chi connectivity index (χ4n) is 1.42. The Hall–Kier alpha value is -1.42. The highest BCUT2D eigenvalue weighted by atomic mass is 19.1. The maximum Gasteiger partial charge on any atom is 0.168 e. The lowest BCUT2D eigenvalue weighted by atomic mass is 10.1. The van der Waals surface area contributed by atoms with Crippen molar-refractivity contribution < 1.29 is 13.9 Å². The average Bonchev–Trinajstić information content (AvgIpc) is 2.29. The number of hydrogen-bond acceptors (Lipinski definition) is 3. The monoisotopic (exact) mass is 225 g/mol. The van der Waals surface area contributed by atoms with Crippen LogP contribution in [0.25, 0.3) is 0 Å². The van der Waals surface area contributed by atoms with Gasteiger partial charge >= 0.3 is 0 Å². The lowest BCUT2D eigenvalue weighted by molar-refractivity contribution is -0.118. The van der Waals surface area contributed by atoms with Gasteiger partial charge in [0, 0.05) is 19.4 Å². The molecule has 0 saturated heterocycles. The molecule has 16 heavy (non-hydrogen) atoms. The topological polar surface area (TPSA) is 38.3 Å². The lowest BCUT2D eigenvalue weighted by Crippen LogP contribution is -2.14. The van der Waals surface area contributed by atoms with Crippen LogP contribution in [0.15, 0.2) is 18.2 Å². The van der Waals surface area contributed by atoms with Gasteiger partial charge in [0.15, 0.2) is 11.6 Å². The van der Waals surface area contributed by atoms with Crippen LogP contribution in [0.4, 0.5) is 4.39 Å². The van der Waals surface area contributed by atoms with Gasteiger partial charge in [0.05, 0.1) is 7.11 Å². The Balaban J connectivity index is 2.70. The number of nitrogens with one attached hydrogen (secondary N) is 1.